The molecule has 1 aliphatic rings. The summed E-state index contributed by atoms with van der Waals surface area (Å²) in [5, 5.41) is 3.24. The van der Waals surface area contributed by atoms with E-state index in [9.17, 15) is 4.79 Å². The predicted molar refractivity (Wildman–Crippen MR) is 71.0 cm³/mol. The number of ether oxygens (including phenoxy) is 1. The molecule has 104 valence electrons. The number of carbonyl (C=O) groups is 1. The Balaban J connectivity index is 2.18. The van der Waals surface area contributed by atoms with Gasteiger partial charge in [-0.1, -0.05) is 0 Å². The summed E-state index contributed by atoms with van der Waals surface area (Å²) >= 11 is 0. The lowest BCUT2D eigenvalue weighted by molar-refractivity contribution is 0.0592. The van der Waals surface area contributed by atoms with Gasteiger partial charge in [0.25, 0.3) is 0 Å². The van der Waals surface area contributed by atoms with Gasteiger partial charge in [-0.15, -0.1) is 0 Å². The highest BCUT2D eigenvalue weighted by atomic mass is 16.5. The average molecular weight is 273 g/mol. The third-order valence-electron chi connectivity index (χ3n) is 3.34. The highest BCUT2D eigenvalue weighted by molar-refractivity contribution is 5.89. The molecule has 0 saturated carbocycles. The number of carbonyl (C=O) groups excluding carboxylic acids is 1. The second kappa shape index (κ2) is 5.01. The Morgan fingerprint density at radius 3 is 3.00 bits per heavy atom. The number of aromatic nitrogens is 4. The minimum atomic E-state index is -0.430. The van der Waals surface area contributed by atoms with Crippen LogP contribution in [0, 0.1) is 0 Å². The van der Waals surface area contributed by atoms with Crippen LogP contribution in [0.25, 0.3) is 11.6 Å². The fourth-order valence-corrected chi connectivity index (χ4v) is 2.31. The summed E-state index contributed by atoms with van der Waals surface area (Å²) in [6.07, 6.45) is 4.21. The lowest BCUT2D eigenvalue weighted by Gasteiger charge is -2.18. The Morgan fingerprint density at radius 2 is 2.30 bits per heavy atom. The van der Waals surface area contributed by atoms with E-state index in [2.05, 4.69) is 20.3 Å². The van der Waals surface area contributed by atoms with E-state index in [0.717, 1.165) is 24.2 Å². The van der Waals surface area contributed by atoms with Gasteiger partial charge in [-0.25, -0.2) is 19.7 Å². The molecule has 0 amide bonds. The van der Waals surface area contributed by atoms with Crippen molar-refractivity contribution in [3.05, 3.63) is 29.3 Å². The van der Waals surface area contributed by atoms with Crippen molar-refractivity contribution in [2.75, 3.05) is 13.7 Å². The molecule has 2 aromatic rings. The molecule has 0 fully saturated rings. The third kappa shape index (κ3) is 2.05. The van der Waals surface area contributed by atoms with E-state index in [1.807, 2.05) is 17.8 Å². The molecule has 0 bridgehead atoms. The minimum absolute atomic E-state index is 0.344. The fraction of sp³-hybridized carbons (Fsp3) is 0.385. The Bertz CT molecular complexity index is 665. The van der Waals surface area contributed by atoms with E-state index in [-0.39, 0.29) is 0 Å². The first kappa shape index (κ1) is 12.7. The van der Waals surface area contributed by atoms with Crippen molar-refractivity contribution < 1.29 is 9.53 Å². The van der Waals surface area contributed by atoms with Crippen LogP contribution >= 0.6 is 0 Å². The highest BCUT2D eigenvalue weighted by Gasteiger charge is 2.23. The molecule has 1 aliphatic heterocycles. The van der Waals surface area contributed by atoms with Gasteiger partial charge in [0.05, 0.1) is 12.8 Å². The SMILES string of the molecule is COC(=O)c1nc(-c2nccn2C)nc2c1CCNC2. The normalized spacial score (nSPS) is 13.9. The number of nitrogens with one attached hydrogen (secondary N) is 1. The summed E-state index contributed by atoms with van der Waals surface area (Å²) in [4.78, 5) is 25.1. The van der Waals surface area contributed by atoms with Crippen LogP contribution in [-0.2, 0) is 24.8 Å². The molecule has 3 rings (SSSR count). The van der Waals surface area contributed by atoms with Crippen molar-refractivity contribution in [3.63, 3.8) is 0 Å². The summed E-state index contributed by atoms with van der Waals surface area (Å²) in [7, 11) is 3.22. The first-order valence-corrected chi connectivity index (χ1v) is 6.37. The van der Waals surface area contributed by atoms with Crippen molar-refractivity contribution in [3.8, 4) is 11.6 Å². The molecule has 0 unspecified atom stereocenters. The molecular formula is C13H15N5O2. The van der Waals surface area contributed by atoms with E-state index < -0.39 is 5.97 Å². The number of nitrogens with zero attached hydrogens (tertiary/aromatic N) is 4. The van der Waals surface area contributed by atoms with Crippen LogP contribution in [0.4, 0.5) is 0 Å². The van der Waals surface area contributed by atoms with Gasteiger partial charge in [-0.3, -0.25) is 0 Å². The maximum Gasteiger partial charge on any atom is 0.357 e. The van der Waals surface area contributed by atoms with E-state index >= 15 is 0 Å². The summed E-state index contributed by atoms with van der Waals surface area (Å²) in [6.45, 7) is 1.43. The van der Waals surface area contributed by atoms with Gasteiger partial charge in [0, 0.05) is 31.5 Å². The van der Waals surface area contributed by atoms with Crippen LogP contribution in [0.15, 0.2) is 12.4 Å². The summed E-state index contributed by atoms with van der Waals surface area (Å²) in [6, 6.07) is 0. The number of esters is 1. The third-order valence-corrected chi connectivity index (χ3v) is 3.34. The molecule has 0 radical (unpaired) electrons. The maximum atomic E-state index is 11.9. The second-order valence-electron chi connectivity index (χ2n) is 4.60. The number of rotatable bonds is 2. The van der Waals surface area contributed by atoms with E-state index in [1.165, 1.54) is 7.11 Å². The molecule has 1 N–H and O–H groups in total. The summed E-state index contributed by atoms with van der Waals surface area (Å²) < 4.78 is 6.65. The van der Waals surface area contributed by atoms with Crippen LogP contribution < -0.4 is 5.32 Å². The smallest absolute Gasteiger partial charge is 0.357 e. The number of fused-ring (bicyclic) bond motifs is 1. The quantitative estimate of drug-likeness (QED) is 0.793. The molecular weight excluding hydrogens is 258 g/mol. The van der Waals surface area contributed by atoms with E-state index in [4.69, 9.17) is 4.74 Å². The number of imidazole rings is 1. The topological polar surface area (TPSA) is 81.9 Å². The molecule has 0 spiro atoms. The molecule has 7 nitrogen and oxygen atoms in total. The number of hydrogen-bond donors (Lipinski definition) is 1. The minimum Gasteiger partial charge on any atom is -0.464 e. The molecule has 2 aromatic heterocycles. The number of hydrogen-bond acceptors (Lipinski definition) is 6. The van der Waals surface area contributed by atoms with E-state index in [1.54, 1.807) is 6.20 Å². The van der Waals surface area contributed by atoms with Gasteiger partial charge < -0.3 is 14.6 Å². The van der Waals surface area contributed by atoms with Crippen LogP contribution in [0.1, 0.15) is 21.7 Å². The van der Waals surface area contributed by atoms with Crippen molar-refractivity contribution in [2.45, 2.75) is 13.0 Å². The van der Waals surface area contributed by atoms with Crippen LogP contribution in [-0.4, -0.2) is 39.1 Å². The van der Waals surface area contributed by atoms with Crippen LogP contribution in [0.3, 0.4) is 0 Å². The molecule has 0 aliphatic carbocycles. The van der Waals surface area contributed by atoms with Crippen molar-refractivity contribution in [2.24, 2.45) is 7.05 Å². The van der Waals surface area contributed by atoms with Gasteiger partial charge >= 0.3 is 5.97 Å². The summed E-state index contributed by atoms with van der Waals surface area (Å²) in [5.41, 5.74) is 2.05. The molecule has 20 heavy (non-hydrogen) atoms. The van der Waals surface area contributed by atoms with Gasteiger partial charge in [-0.05, 0) is 13.0 Å². The zero-order chi connectivity index (χ0) is 14.1. The van der Waals surface area contributed by atoms with Gasteiger partial charge in [0.15, 0.2) is 17.3 Å². The fourth-order valence-electron chi connectivity index (χ4n) is 2.31. The van der Waals surface area contributed by atoms with Gasteiger partial charge in [0.2, 0.25) is 0 Å². The van der Waals surface area contributed by atoms with Crippen molar-refractivity contribution >= 4 is 5.97 Å². The summed E-state index contributed by atoms with van der Waals surface area (Å²) in [5.74, 6) is 0.643. The van der Waals surface area contributed by atoms with Gasteiger partial charge in [0.1, 0.15) is 0 Å². The molecule has 0 atom stereocenters. The highest BCUT2D eigenvalue weighted by Crippen LogP contribution is 2.21. The molecule has 0 aromatic carbocycles. The number of aryl methyl sites for hydroxylation is 1. The standard InChI is InChI=1S/C13H15N5O2/c1-18-6-5-15-12(18)11-16-9-7-14-4-3-8(9)10(17-11)13(19)20-2/h5-6,14H,3-4,7H2,1-2H3. The average Bonchev–Trinajstić information content (AvgIpc) is 2.91. The Morgan fingerprint density at radius 1 is 1.45 bits per heavy atom. The van der Waals surface area contributed by atoms with Crippen molar-refractivity contribution in [1.82, 2.24) is 24.8 Å². The lowest BCUT2D eigenvalue weighted by Crippen LogP contribution is -2.28. The Kier molecular flexibility index (Phi) is 3.19. The van der Waals surface area contributed by atoms with E-state index in [0.29, 0.717) is 23.9 Å². The molecule has 0 saturated heterocycles. The maximum absolute atomic E-state index is 11.9. The van der Waals surface area contributed by atoms with Crippen LogP contribution in [0.5, 0.6) is 0 Å². The first-order valence-electron chi connectivity index (χ1n) is 6.37. The molecule has 7 heteroatoms. The van der Waals surface area contributed by atoms with Crippen molar-refractivity contribution in [1.29, 1.82) is 0 Å². The van der Waals surface area contributed by atoms with Gasteiger partial charge in [-0.2, -0.15) is 0 Å². The number of methoxy groups -OCH3 is 1. The largest absolute Gasteiger partial charge is 0.464 e. The molecule has 3 heterocycles. The predicted octanol–water partition coefficient (Wildman–Crippen LogP) is 0.309. The second-order valence-corrected chi connectivity index (χ2v) is 4.60. The zero-order valence-electron chi connectivity index (χ0n) is 11.4. The first-order chi connectivity index (χ1) is 9.70. The van der Waals surface area contributed by atoms with Crippen LogP contribution in [0.2, 0.25) is 0 Å². The zero-order valence-corrected chi connectivity index (χ0v) is 11.4. The Hall–Kier alpha value is -2.28. The lowest BCUT2D eigenvalue weighted by atomic mass is 10.0. The Labute approximate surface area is 116 Å². The monoisotopic (exact) mass is 273 g/mol.